The Hall–Kier alpha value is -2.07. The van der Waals surface area contributed by atoms with Crippen LogP contribution in [0, 0.1) is 5.82 Å². The van der Waals surface area contributed by atoms with Gasteiger partial charge in [0.05, 0.1) is 12.7 Å². The Balaban J connectivity index is 1.72. The Morgan fingerprint density at radius 1 is 1.26 bits per heavy atom. The summed E-state index contributed by atoms with van der Waals surface area (Å²) in [4.78, 5) is 12.4. The number of ether oxygens (including phenoxy) is 1. The largest absolute Gasteiger partial charge is 0.496 e. The monoisotopic (exact) mass is 333 g/mol. The molecule has 1 saturated carbocycles. The van der Waals surface area contributed by atoms with Crippen LogP contribution in [0.25, 0.3) is 0 Å². The highest BCUT2D eigenvalue weighted by atomic mass is 35.5. The van der Waals surface area contributed by atoms with Crippen molar-refractivity contribution in [2.45, 2.75) is 18.3 Å². The van der Waals surface area contributed by atoms with Crippen LogP contribution in [-0.4, -0.2) is 19.6 Å². The molecule has 0 unspecified atom stereocenters. The molecule has 1 aliphatic rings. The van der Waals surface area contributed by atoms with Crippen LogP contribution in [0.15, 0.2) is 42.5 Å². The lowest BCUT2D eigenvalue weighted by molar-refractivity contribution is 0.0946. The van der Waals surface area contributed by atoms with Crippen LogP contribution in [-0.2, 0) is 5.41 Å². The third-order valence-corrected chi connectivity index (χ3v) is 4.54. The van der Waals surface area contributed by atoms with Gasteiger partial charge in [0, 0.05) is 17.0 Å². The molecule has 23 heavy (non-hydrogen) atoms. The predicted octanol–water partition coefficient (Wildman–Crippen LogP) is 3.95. The lowest BCUT2D eigenvalue weighted by atomic mass is 9.96. The van der Waals surface area contributed by atoms with Gasteiger partial charge in [-0.1, -0.05) is 23.7 Å². The number of carbonyl (C=O) groups is 1. The zero-order chi connectivity index (χ0) is 16.4. The maximum absolute atomic E-state index is 13.1. The third-order valence-electron chi connectivity index (χ3n) is 4.30. The summed E-state index contributed by atoms with van der Waals surface area (Å²) in [5.41, 5.74) is 1.38. The quantitative estimate of drug-likeness (QED) is 0.899. The number of hydrogen-bond acceptors (Lipinski definition) is 2. The summed E-state index contributed by atoms with van der Waals surface area (Å²) in [5.74, 6) is 0.00788. The van der Waals surface area contributed by atoms with Crippen LogP contribution in [0.3, 0.4) is 0 Å². The maximum atomic E-state index is 13.1. The van der Waals surface area contributed by atoms with Crippen molar-refractivity contribution < 1.29 is 13.9 Å². The summed E-state index contributed by atoms with van der Waals surface area (Å²) in [5, 5.41) is 3.43. The predicted molar refractivity (Wildman–Crippen MR) is 87.6 cm³/mol. The van der Waals surface area contributed by atoms with Crippen LogP contribution in [0.5, 0.6) is 5.75 Å². The number of rotatable bonds is 5. The van der Waals surface area contributed by atoms with Gasteiger partial charge in [0.1, 0.15) is 11.6 Å². The second kappa shape index (κ2) is 6.20. The lowest BCUT2D eigenvalue weighted by Gasteiger charge is -2.17. The highest BCUT2D eigenvalue weighted by Crippen LogP contribution is 2.47. The summed E-state index contributed by atoms with van der Waals surface area (Å²) < 4.78 is 18.3. The summed E-state index contributed by atoms with van der Waals surface area (Å²) in [7, 11) is 1.51. The number of nitrogens with one attached hydrogen (secondary N) is 1. The van der Waals surface area contributed by atoms with Gasteiger partial charge >= 0.3 is 0 Å². The Morgan fingerprint density at radius 2 is 1.96 bits per heavy atom. The van der Waals surface area contributed by atoms with Crippen molar-refractivity contribution >= 4 is 17.5 Å². The molecule has 1 amide bonds. The van der Waals surface area contributed by atoms with Gasteiger partial charge < -0.3 is 10.1 Å². The Bertz CT molecular complexity index is 726. The standard InChI is InChI=1S/C18H17ClFNO2/c1-23-16-7-4-13(19)10-15(16)17(22)21-11-18(8-9-18)12-2-5-14(20)6-3-12/h2-7,10H,8-9,11H2,1H3,(H,21,22). The maximum Gasteiger partial charge on any atom is 0.255 e. The molecule has 0 atom stereocenters. The highest BCUT2D eigenvalue weighted by molar-refractivity contribution is 6.31. The number of benzene rings is 2. The van der Waals surface area contributed by atoms with E-state index in [1.54, 1.807) is 30.3 Å². The molecule has 0 saturated heterocycles. The molecule has 3 rings (SSSR count). The van der Waals surface area contributed by atoms with E-state index in [4.69, 9.17) is 16.3 Å². The fourth-order valence-electron chi connectivity index (χ4n) is 2.72. The van der Waals surface area contributed by atoms with Gasteiger partial charge in [0.15, 0.2) is 0 Å². The third kappa shape index (κ3) is 3.32. The Morgan fingerprint density at radius 3 is 2.57 bits per heavy atom. The highest BCUT2D eigenvalue weighted by Gasteiger charge is 2.44. The molecule has 0 radical (unpaired) electrons. The molecule has 1 aliphatic carbocycles. The van der Waals surface area contributed by atoms with Crippen LogP contribution in [0.4, 0.5) is 4.39 Å². The Labute approximate surface area is 139 Å². The minimum Gasteiger partial charge on any atom is -0.496 e. The second-order valence-electron chi connectivity index (χ2n) is 5.81. The number of halogens is 2. The smallest absolute Gasteiger partial charge is 0.255 e. The zero-order valence-electron chi connectivity index (χ0n) is 12.7. The number of amides is 1. The molecule has 1 fully saturated rings. The molecule has 0 spiro atoms. The number of methoxy groups -OCH3 is 1. The van der Waals surface area contributed by atoms with E-state index in [2.05, 4.69) is 5.32 Å². The molecule has 0 aliphatic heterocycles. The Kier molecular flexibility index (Phi) is 4.26. The van der Waals surface area contributed by atoms with Crippen molar-refractivity contribution in [3.63, 3.8) is 0 Å². The van der Waals surface area contributed by atoms with E-state index in [-0.39, 0.29) is 17.1 Å². The van der Waals surface area contributed by atoms with Gasteiger partial charge in [-0.15, -0.1) is 0 Å². The molecule has 0 aromatic heterocycles. The van der Waals surface area contributed by atoms with Gasteiger partial charge in [0.25, 0.3) is 5.91 Å². The molecular formula is C18H17ClFNO2. The van der Waals surface area contributed by atoms with Crippen LogP contribution in [0.2, 0.25) is 5.02 Å². The topological polar surface area (TPSA) is 38.3 Å². The van der Waals surface area contributed by atoms with Crippen LogP contribution >= 0.6 is 11.6 Å². The fraction of sp³-hybridized carbons (Fsp3) is 0.278. The zero-order valence-corrected chi connectivity index (χ0v) is 13.5. The molecule has 0 heterocycles. The van der Waals surface area contributed by atoms with Gasteiger partial charge in [-0.3, -0.25) is 4.79 Å². The van der Waals surface area contributed by atoms with Crippen molar-refractivity contribution in [2.75, 3.05) is 13.7 Å². The minimum absolute atomic E-state index is 0.0881. The van der Waals surface area contributed by atoms with E-state index in [1.807, 2.05) is 0 Å². The van der Waals surface area contributed by atoms with E-state index >= 15 is 0 Å². The first-order chi connectivity index (χ1) is 11.0. The van der Waals surface area contributed by atoms with Crippen molar-refractivity contribution in [3.05, 3.63) is 64.4 Å². The average molecular weight is 334 g/mol. The normalized spacial score (nSPS) is 15.1. The summed E-state index contributed by atoms with van der Waals surface area (Å²) in [6.45, 7) is 0.507. The first kappa shape index (κ1) is 15.8. The first-order valence-electron chi connectivity index (χ1n) is 7.42. The summed E-state index contributed by atoms with van der Waals surface area (Å²) in [6.07, 6.45) is 1.96. The molecule has 2 aromatic carbocycles. The van der Waals surface area contributed by atoms with Crippen LogP contribution in [0.1, 0.15) is 28.8 Å². The molecular weight excluding hydrogens is 317 g/mol. The number of hydrogen-bond donors (Lipinski definition) is 1. The second-order valence-corrected chi connectivity index (χ2v) is 6.25. The van der Waals surface area contributed by atoms with Gasteiger partial charge in [-0.05, 0) is 48.7 Å². The van der Waals surface area contributed by atoms with Crippen molar-refractivity contribution in [2.24, 2.45) is 0 Å². The van der Waals surface area contributed by atoms with Gasteiger partial charge in [-0.2, -0.15) is 0 Å². The molecule has 3 nitrogen and oxygen atoms in total. The van der Waals surface area contributed by atoms with E-state index in [0.717, 1.165) is 18.4 Å². The lowest BCUT2D eigenvalue weighted by Crippen LogP contribution is -2.32. The van der Waals surface area contributed by atoms with Gasteiger partial charge in [0.2, 0.25) is 0 Å². The minimum atomic E-state index is -0.253. The summed E-state index contributed by atoms with van der Waals surface area (Å²) >= 11 is 5.96. The molecule has 5 heteroatoms. The van der Waals surface area contributed by atoms with E-state index in [1.165, 1.54) is 19.2 Å². The molecule has 120 valence electrons. The van der Waals surface area contributed by atoms with Crippen LogP contribution < -0.4 is 10.1 Å². The number of carbonyl (C=O) groups excluding carboxylic acids is 1. The average Bonchev–Trinajstić information content (AvgIpc) is 3.34. The van der Waals surface area contributed by atoms with E-state index in [9.17, 15) is 9.18 Å². The molecule has 1 N–H and O–H groups in total. The fourth-order valence-corrected chi connectivity index (χ4v) is 2.90. The van der Waals surface area contributed by atoms with E-state index < -0.39 is 0 Å². The van der Waals surface area contributed by atoms with Crippen molar-refractivity contribution in [1.82, 2.24) is 5.32 Å². The first-order valence-corrected chi connectivity index (χ1v) is 7.80. The molecule has 2 aromatic rings. The molecule has 0 bridgehead atoms. The van der Waals surface area contributed by atoms with E-state index in [0.29, 0.717) is 22.9 Å². The van der Waals surface area contributed by atoms with Gasteiger partial charge in [-0.25, -0.2) is 4.39 Å². The van der Waals surface area contributed by atoms with Crippen molar-refractivity contribution in [3.8, 4) is 5.75 Å². The van der Waals surface area contributed by atoms with Crippen molar-refractivity contribution in [1.29, 1.82) is 0 Å². The SMILES string of the molecule is COc1ccc(Cl)cc1C(=O)NCC1(c2ccc(F)cc2)CC1. The summed E-state index contributed by atoms with van der Waals surface area (Å²) in [6, 6.07) is 11.4.